The number of thiazole rings is 1. The van der Waals surface area contributed by atoms with Crippen molar-refractivity contribution in [3.63, 3.8) is 0 Å². The smallest absolute Gasteiger partial charge is 0.236 e. The van der Waals surface area contributed by atoms with E-state index in [1.165, 1.54) is 11.3 Å². The molecule has 3 amide bonds. The van der Waals surface area contributed by atoms with Crippen LogP contribution in [0.2, 0.25) is 0 Å². The Morgan fingerprint density at radius 1 is 1.34 bits per heavy atom. The molecule has 2 aliphatic rings. The van der Waals surface area contributed by atoms with Crippen LogP contribution in [0.25, 0.3) is 0 Å². The number of carbonyl (C=O) groups excluding carboxylic acids is 3. The zero-order valence-corrected chi connectivity index (χ0v) is 19.1. The van der Waals surface area contributed by atoms with Crippen molar-refractivity contribution in [3.05, 3.63) is 11.1 Å². The number of piperidine rings is 1. The Hall–Kier alpha value is -1.42. The van der Waals surface area contributed by atoms with Crippen LogP contribution in [0.1, 0.15) is 32.4 Å². The summed E-state index contributed by atoms with van der Waals surface area (Å²) in [5.74, 6) is -0.0568. The molecule has 29 heavy (non-hydrogen) atoms. The van der Waals surface area contributed by atoms with Gasteiger partial charge in [-0.2, -0.15) is 0 Å². The van der Waals surface area contributed by atoms with Crippen molar-refractivity contribution in [1.82, 2.24) is 20.1 Å². The van der Waals surface area contributed by atoms with Crippen molar-refractivity contribution < 1.29 is 14.4 Å². The van der Waals surface area contributed by atoms with Crippen LogP contribution in [0.15, 0.2) is 5.38 Å². The third kappa shape index (κ3) is 6.80. The van der Waals surface area contributed by atoms with Crippen LogP contribution < -0.4 is 10.6 Å². The molecule has 0 bridgehead atoms. The predicted molar refractivity (Wildman–Crippen MR) is 118 cm³/mol. The van der Waals surface area contributed by atoms with Crippen molar-refractivity contribution in [1.29, 1.82) is 0 Å². The summed E-state index contributed by atoms with van der Waals surface area (Å²) in [4.78, 5) is 44.7. The maximum Gasteiger partial charge on any atom is 0.236 e. The standard InChI is InChI=1S/C18H27N5O3S.2ClH/c1-12(2)17(26)21-18-20-13(11-27-18)8-15(24)22-6-3-4-14(10-22)23-7-5-19-9-16(23)25;;/h11-12,14,19H,3-10H2,1-2H3,(H,20,21,26);2*1H. The van der Waals surface area contributed by atoms with Gasteiger partial charge in [-0.05, 0) is 12.8 Å². The molecule has 0 saturated carbocycles. The minimum Gasteiger partial charge on any atom is -0.340 e. The number of rotatable bonds is 5. The molecule has 2 saturated heterocycles. The van der Waals surface area contributed by atoms with E-state index in [9.17, 15) is 14.4 Å². The van der Waals surface area contributed by atoms with E-state index in [2.05, 4.69) is 15.6 Å². The van der Waals surface area contributed by atoms with Gasteiger partial charge in [-0.3, -0.25) is 14.4 Å². The molecule has 3 heterocycles. The van der Waals surface area contributed by atoms with Crippen molar-refractivity contribution in [2.45, 2.75) is 39.2 Å². The molecule has 1 unspecified atom stereocenters. The summed E-state index contributed by atoms with van der Waals surface area (Å²) in [5, 5.41) is 8.19. The third-order valence-electron chi connectivity index (χ3n) is 4.95. The number of halogens is 2. The first-order valence-electron chi connectivity index (χ1n) is 9.47. The maximum absolute atomic E-state index is 12.7. The monoisotopic (exact) mass is 465 g/mol. The van der Waals surface area contributed by atoms with E-state index in [0.29, 0.717) is 30.5 Å². The topological polar surface area (TPSA) is 94.6 Å². The summed E-state index contributed by atoms with van der Waals surface area (Å²) in [6.07, 6.45) is 2.06. The normalized spacial score (nSPS) is 19.4. The van der Waals surface area contributed by atoms with Crippen molar-refractivity contribution in [3.8, 4) is 0 Å². The lowest BCUT2D eigenvalue weighted by Crippen LogP contribution is -2.57. The number of hydrogen-bond acceptors (Lipinski definition) is 6. The molecule has 3 rings (SSSR count). The molecule has 0 aromatic carbocycles. The SMILES string of the molecule is CC(C)C(=O)Nc1nc(CC(=O)N2CCCC(N3CCNCC3=O)C2)cs1.Cl.Cl. The highest BCUT2D eigenvalue weighted by atomic mass is 35.5. The van der Waals surface area contributed by atoms with Gasteiger partial charge in [0.15, 0.2) is 5.13 Å². The highest BCUT2D eigenvalue weighted by Crippen LogP contribution is 2.20. The van der Waals surface area contributed by atoms with Crippen LogP contribution in [0.3, 0.4) is 0 Å². The van der Waals surface area contributed by atoms with Gasteiger partial charge < -0.3 is 20.4 Å². The summed E-state index contributed by atoms with van der Waals surface area (Å²) < 4.78 is 0. The van der Waals surface area contributed by atoms with E-state index >= 15 is 0 Å². The number of likely N-dealkylation sites (tertiary alicyclic amines) is 1. The lowest BCUT2D eigenvalue weighted by atomic mass is 10.0. The van der Waals surface area contributed by atoms with E-state index in [-0.39, 0.29) is 60.9 Å². The van der Waals surface area contributed by atoms with Crippen molar-refractivity contribution in [2.75, 3.05) is 38.0 Å². The van der Waals surface area contributed by atoms with Crippen molar-refractivity contribution >= 4 is 59.0 Å². The maximum atomic E-state index is 12.7. The van der Waals surface area contributed by atoms with Gasteiger partial charge in [0.1, 0.15) is 0 Å². The molecule has 2 N–H and O–H groups in total. The molecule has 1 aromatic rings. The number of nitrogens with one attached hydrogen (secondary N) is 2. The Labute approximate surface area is 187 Å². The lowest BCUT2D eigenvalue weighted by molar-refractivity contribution is -0.140. The summed E-state index contributed by atoms with van der Waals surface area (Å²) in [5.41, 5.74) is 0.671. The van der Waals surface area contributed by atoms with E-state index in [4.69, 9.17) is 0 Å². The zero-order valence-electron chi connectivity index (χ0n) is 16.7. The predicted octanol–water partition coefficient (Wildman–Crippen LogP) is 1.55. The quantitative estimate of drug-likeness (QED) is 0.687. The first-order valence-corrected chi connectivity index (χ1v) is 10.3. The minimum absolute atomic E-state index is 0. The van der Waals surface area contributed by atoms with Gasteiger partial charge in [0.05, 0.1) is 18.7 Å². The van der Waals surface area contributed by atoms with Crippen LogP contribution >= 0.6 is 36.2 Å². The number of piperazine rings is 1. The summed E-state index contributed by atoms with van der Waals surface area (Å²) in [7, 11) is 0. The lowest BCUT2D eigenvalue weighted by Gasteiger charge is -2.41. The zero-order chi connectivity index (χ0) is 19.4. The number of nitrogens with zero attached hydrogens (tertiary/aromatic N) is 3. The molecular formula is C18H29Cl2N5O3S. The van der Waals surface area contributed by atoms with Crippen LogP contribution in [-0.2, 0) is 20.8 Å². The second kappa shape index (κ2) is 11.7. The van der Waals surface area contributed by atoms with Gasteiger partial charge >= 0.3 is 0 Å². The van der Waals surface area contributed by atoms with E-state index in [1.54, 1.807) is 0 Å². The van der Waals surface area contributed by atoms with E-state index in [1.807, 2.05) is 29.0 Å². The molecular weight excluding hydrogens is 437 g/mol. The molecule has 0 radical (unpaired) electrons. The Morgan fingerprint density at radius 3 is 2.79 bits per heavy atom. The van der Waals surface area contributed by atoms with Crippen LogP contribution in [0, 0.1) is 5.92 Å². The average Bonchev–Trinajstić information content (AvgIpc) is 3.09. The molecule has 1 atom stereocenters. The number of amides is 3. The number of anilines is 1. The molecule has 0 spiro atoms. The Kier molecular flexibility index (Phi) is 10.3. The number of aromatic nitrogens is 1. The molecule has 1 aromatic heterocycles. The minimum atomic E-state index is -0.114. The first kappa shape index (κ1) is 25.6. The Morgan fingerprint density at radius 2 is 2.10 bits per heavy atom. The van der Waals surface area contributed by atoms with E-state index < -0.39 is 0 Å². The molecule has 0 aliphatic carbocycles. The second-order valence-corrected chi connectivity index (χ2v) is 8.22. The Balaban J connectivity index is 0.00000210. The van der Waals surface area contributed by atoms with Crippen LogP contribution in [0.4, 0.5) is 5.13 Å². The fourth-order valence-corrected chi connectivity index (χ4v) is 4.12. The van der Waals surface area contributed by atoms with E-state index in [0.717, 1.165) is 25.9 Å². The van der Waals surface area contributed by atoms with Gasteiger partial charge in [-0.1, -0.05) is 13.8 Å². The van der Waals surface area contributed by atoms with Gasteiger partial charge in [0.25, 0.3) is 0 Å². The molecule has 8 nitrogen and oxygen atoms in total. The van der Waals surface area contributed by atoms with Crippen LogP contribution in [0.5, 0.6) is 0 Å². The number of hydrogen-bond donors (Lipinski definition) is 2. The fourth-order valence-electron chi connectivity index (χ4n) is 3.40. The van der Waals surface area contributed by atoms with Crippen LogP contribution in [-0.4, -0.2) is 71.3 Å². The average molecular weight is 466 g/mol. The largest absolute Gasteiger partial charge is 0.340 e. The van der Waals surface area contributed by atoms with Gasteiger partial charge in [-0.25, -0.2) is 4.98 Å². The number of carbonyl (C=O) groups is 3. The summed E-state index contributed by atoms with van der Waals surface area (Å²) in [6.45, 7) is 6.85. The third-order valence-corrected chi connectivity index (χ3v) is 5.76. The van der Waals surface area contributed by atoms with Gasteiger partial charge in [-0.15, -0.1) is 36.2 Å². The molecule has 2 fully saturated rings. The molecule has 2 aliphatic heterocycles. The fraction of sp³-hybridized carbons (Fsp3) is 0.667. The molecule has 164 valence electrons. The molecule has 11 heteroatoms. The summed E-state index contributed by atoms with van der Waals surface area (Å²) >= 11 is 1.33. The highest BCUT2D eigenvalue weighted by molar-refractivity contribution is 7.13. The van der Waals surface area contributed by atoms with Crippen molar-refractivity contribution in [2.24, 2.45) is 5.92 Å². The first-order chi connectivity index (χ1) is 12.9. The van der Waals surface area contributed by atoms with Gasteiger partial charge in [0.2, 0.25) is 17.7 Å². The Bertz CT molecular complexity index is 715. The summed E-state index contributed by atoms with van der Waals surface area (Å²) in [6, 6.07) is 0.105. The second-order valence-electron chi connectivity index (χ2n) is 7.36. The van der Waals surface area contributed by atoms with Gasteiger partial charge in [0, 0.05) is 43.5 Å². The highest BCUT2D eigenvalue weighted by Gasteiger charge is 2.31.